The van der Waals surface area contributed by atoms with Crippen LogP contribution in [0.4, 0.5) is 5.82 Å². The van der Waals surface area contributed by atoms with E-state index >= 15 is 0 Å². The number of methoxy groups -OCH3 is 3. The lowest BCUT2D eigenvalue weighted by Crippen LogP contribution is -2.05. The third-order valence-electron chi connectivity index (χ3n) is 4.67. The Hall–Kier alpha value is -3.24. The van der Waals surface area contributed by atoms with Crippen LogP contribution in [0, 0.1) is 18.3 Å². The number of pyridine rings is 1. The van der Waals surface area contributed by atoms with Crippen molar-refractivity contribution in [2.45, 2.75) is 6.92 Å². The Morgan fingerprint density at radius 3 is 2.17 bits per heavy atom. The van der Waals surface area contributed by atoms with Gasteiger partial charge in [0.25, 0.3) is 0 Å². The molecule has 29 heavy (non-hydrogen) atoms. The standard InChI is InChI=1S/C22H20BrN3O3/c1-12-18(15-9-10-17(27-2)21(29-4)20(15)28-3)16(11-24)22(25)26-19(12)13-5-7-14(23)8-6-13/h5-10H,1-4H3,(H2,25,26). The van der Waals surface area contributed by atoms with E-state index in [0.717, 1.165) is 15.6 Å². The molecule has 0 amide bonds. The van der Waals surface area contributed by atoms with E-state index in [2.05, 4.69) is 27.0 Å². The number of nitrogens with two attached hydrogens (primary N) is 1. The zero-order valence-electron chi connectivity index (χ0n) is 16.5. The van der Waals surface area contributed by atoms with Gasteiger partial charge >= 0.3 is 0 Å². The molecule has 7 heteroatoms. The number of aromatic nitrogens is 1. The van der Waals surface area contributed by atoms with Crippen LogP contribution in [0.25, 0.3) is 22.4 Å². The first-order valence-corrected chi connectivity index (χ1v) is 9.51. The minimum atomic E-state index is 0.155. The molecule has 0 aliphatic heterocycles. The van der Waals surface area contributed by atoms with Gasteiger partial charge in [-0.05, 0) is 36.8 Å². The molecule has 0 saturated heterocycles. The largest absolute Gasteiger partial charge is 0.493 e. The number of ether oxygens (including phenoxy) is 3. The number of hydrogen-bond donors (Lipinski definition) is 1. The van der Waals surface area contributed by atoms with Gasteiger partial charge in [-0.2, -0.15) is 5.26 Å². The average molecular weight is 454 g/mol. The van der Waals surface area contributed by atoms with Gasteiger partial charge in [0, 0.05) is 21.2 Å². The predicted molar refractivity (Wildman–Crippen MR) is 116 cm³/mol. The van der Waals surface area contributed by atoms with Gasteiger partial charge in [-0.25, -0.2) is 4.98 Å². The quantitative estimate of drug-likeness (QED) is 0.586. The van der Waals surface area contributed by atoms with E-state index in [1.807, 2.05) is 37.3 Å². The van der Waals surface area contributed by atoms with Crippen LogP contribution in [0.2, 0.25) is 0 Å². The van der Waals surface area contributed by atoms with Gasteiger partial charge in [0.2, 0.25) is 5.75 Å². The summed E-state index contributed by atoms with van der Waals surface area (Å²) in [5, 5.41) is 9.80. The Labute approximate surface area is 178 Å². The Bertz CT molecular complexity index is 1110. The maximum Gasteiger partial charge on any atom is 0.203 e. The van der Waals surface area contributed by atoms with E-state index in [-0.39, 0.29) is 11.4 Å². The lowest BCUT2D eigenvalue weighted by Gasteiger charge is -2.20. The summed E-state index contributed by atoms with van der Waals surface area (Å²) >= 11 is 3.44. The number of nitriles is 1. The van der Waals surface area contributed by atoms with E-state index in [9.17, 15) is 5.26 Å². The van der Waals surface area contributed by atoms with Gasteiger partial charge in [-0.15, -0.1) is 0 Å². The van der Waals surface area contributed by atoms with E-state index < -0.39 is 0 Å². The van der Waals surface area contributed by atoms with Crippen molar-refractivity contribution in [3.8, 4) is 45.7 Å². The minimum Gasteiger partial charge on any atom is -0.493 e. The Morgan fingerprint density at radius 1 is 0.966 bits per heavy atom. The van der Waals surface area contributed by atoms with Gasteiger partial charge in [0.1, 0.15) is 17.5 Å². The number of halogens is 1. The fourth-order valence-electron chi connectivity index (χ4n) is 3.33. The Balaban J connectivity index is 2.38. The third-order valence-corrected chi connectivity index (χ3v) is 5.20. The van der Waals surface area contributed by atoms with Gasteiger partial charge in [0.05, 0.1) is 27.0 Å². The molecule has 2 aromatic carbocycles. The van der Waals surface area contributed by atoms with Crippen molar-refractivity contribution in [2.75, 3.05) is 27.1 Å². The van der Waals surface area contributed by atoms with Crippen molar-refractivity contribution in [1.29, 1.82) is 5.26 Å². The van der Waals surface area contributed by atoms with Crippen LogP contribution >= 0.6 is 15.9 Å². The van der Waals surface area contributed by atoms with Crippen LogP contribution < -0.4 is 19.9 Å². The molecule has 0 atom stereocenters. The second kappa shape index (κ2) is 8.41. The van der Waals surface area contributed by atoms with Crippen LogP contribution in [0.15, 0.2) is 40.9 Å². The first-order valence-electron chi connectivity index (χ1n) is 8.72. The molecule has 0 fully saturated rings. The zero-order valence-corrected chi connectivity index (χ0v) is 18.1. The van der Waals surface area contributed by atoms with Crippen LogP contribution in [-0.2, 0) is 0 Å². The summed E-state index contributed by atoms with van der Waals surface area (Å²) in [6, 6.07) is 13.5. The van der Waals surface area contributed by atoms with E-state index in [0.29, 0.717) is 34.1 Å². The van der Waals surface area contributed by atoms with Crippen LogP contribution in [0.5, 0.6) is 17.2 Å². The molecule has 0 bridgehead atoms. The predicted octanol–water partition coefficient (Wildman–Crippen LogP) is 4.97. The average Bonchev–Trinajstić information content (AvgIpc) is 2.74. The van der Waals surface area contributed by atoms with Crippen LogP contribution in [0.3, 0.4) is 0 Å². The molecule has 3 rings (SSSR count). The van der Waals surface area contributed by atoms with E-state index in [4.69, 9.17) is 19.9 Å². The summed E-state index contributed by atoms with van der Waals surface area (Å²) < 4.78 is 17.5. The van der Waals surface area contributed by atoms with Crippen molar-refractivity contribution in [3.63, 3.8) is 0 Å². The molecule has 1 aromatic heterocycles. The fourth-order valence-corrected chi connectivity index (χ4v) is 3.60. The zero-order chi connectivity index (χ0) is 21.1. The summed E-state index contributed by atoms with van der Waals surface area (Å²) in [6.45, 7) is 1.91. The third kappa shape index (κ3) is 3.59. The minimum absolute atomic E-state index is 0.155. The highest BCUT2D eigenvalue weighted by Crippen LogP contribution is 2.47. The number of nitrogen functional groups attached to an aromatic ring is 1. The first-order chi connectivity index (χ1) is 14.0. The maximum absolute atomic E-state index is 9.80. The number of benzene rings is 2. The highest BCUT2D eigenvalue weighted by molar-refractivity contribution is 9.10. The van der Waals surface area contributed by atoms with Crippen molar-refractivity contribution < 1.29 is 14.2 Å². The molecule has 0 spiro atoms. The second-order valence-electron chi connectivity index (χ2n) is 6.22. The number of nitrogens with zero attached hydrogens (tertiary/aromatic N) is 2. The molecule has 0 radical (unpaired) electrons. The highest BCUT2D eigenvalue weighted by atomic mass is 79.9. The number of anilines is 1. The topological polar surface area (TPSA) is 90.4 Å². The van der Waals surface area contributed by atoms with Gasteiger partial charge < -0.3 is 19.9 Å². The van der Waals surface area contributed by atoms with Crippen molar-refractivity contribution in [1.82, 2.24) is 4.98 Å². The molecular formula is C22H20BrN3O3. The number of rotatable bonds is 5. The molecule has 0 aliphatic carbocycles. The highest BCUT2D eigenvalue weighted by Gasteiger charge is 2.24. The molecule has 6 nitrogen and oxygen atoms in total. The van der Waals surface area contributed by atoms with E-state index in [1.54, 1.807) is 20.3 Å². The number of hydrogen-bond acceptors (Lipinski definition) is 6. The fraction of sp³-hybridized carbons (Fsp3) is 0.182. The maximum atomic E-state index is 9.80. The van der Waals surface area contributed by atoms with Crippen LogP contribution in [-0.4, -0.2) is 26.3 Å². The van der Waals surface area contributed by atoms with Crippen molar-refractivity contribution >= 4 is 21.7 Å². The molecule has 1 heterocycles. The molecule has 3 aromatic rings. The Kier molecular flexibility index (Phi) is 5.95. The SMILES string of the molecule is COc1ccc(-c2c(C)c(-c3ccc(Br)cc3)nc(N)c2C#N)c(OC)c1OC. The molecule has 0 aliphatic rings. The molecular weight excluding hydrogens is 434 g/mol. The molecule has 2 N–H and O–H groups in total. The molecule has 0 unspecified atom stereocenters. The van der Waals surface area contributed by atoms with Gasteiger partial charge in [-0.1, -0.05) is 28.1 Å². The lowest BCUT2D eigenvalue weighted by atomic mass is 9.92. The molecule has 148 valence electrons. The van der Waals surface area contributed by atoms with E-state index in [1.165, 1.54) is 7.11 Å². The van der Waals surface area contributed by atoms with Crippen molar-refractivity contribution in [2.24, 2.45) is 0 Å². The monoisotopic (exact) mass is 453 g/mol. The normalized spacial score (nSPS) is 10.3. The first kappa shape index (κ1) is 20.5. The Morgan fingerprint density at radius 2 is 1.62 bits per heavy atom. The summed E-state index contributed by atoms with van der Waals surface area (Å²) in [5.74, 6) is 1.58. The van der Waals surface area contributed by atoms with Crippen LogP contribution in [0.1, 0.15) is 11.1 Å². The van der Waals surface area contributed by atoms with Gasteiger partial charge in [-0.3, -0.25) is 0 Å². The summed E-state index contributed by atoms with van der Waals surface area (Å²) in [7, 11) is 4.64. The summed E-state index contributed by atoms with van der Waals surface area (Å²) in [5.41, 5.74) is 10.2. The summed E-state index contributed by atoms with van der Waals surface area (Å²) in [4.78, 5) is 4.50. The molecule has 0 saturated carbocycles. The second-order valence-corrected chi connectivity index (χ2v) is 7.14. The lowest BCUT2D eigenvalue weighted by molar-refractivity contribution is 0.325. The van der Waals surface area contributed by atoms with Gasteiger partial charge in [0.15, 0.2) is 11.5 Å². The summed E-state index contributed by atoms with van der Waals surface area (Å²) in [6.07, 6.45) is 0. The van der Waals surface area contributed by atoms with Crippen molar-refractivity contribution in [3.05, 3.63) is 52.0 Å². The smallest absolute Gasteiger partial charge is 0.203 e.